The first-order valence-electron chi connectivity index (χ1n) is 7.02. The van der Waals surface area contributed by atoms with Gasteiger partial charge in [-0.3, -0.25) is 20.4 Å². The number of benzene rings is 2. The van der Waals surface area contributed by atoms with E-state index in [9.17, 15) is 9.59 Å². The zero-order chi connectivity index (χ0) is 16.2. The van der Waals surface area contributed by atoms with E-state index < -0.39 is 5.91 Å². The van der Waals surface area contributed by atoms with Gasteiger partial charge in [0, 0.05) is 22.3 Å². The minimum absolute atomic E-state index is 0.119. The molecule has 0 fully saturated rings. The summed E-state index contributed by atoms with van der Waals surface area (Å²) >= 11 is 5.77. The molecule has 6 heteroatoms. The number of carbonyl (C=O) groups excluding carboxylic acids is 2. The zero-order valence-corrected chi connectivity index (χ0v) is 12.9. The molecule has 0 saturated carbocycles. The molecule has 0 saturated heterocycles. The van der Waals surface area contributed by atoms with Gasteiger partial charge < -0.3 is 4.57 Å². The normalized spacial score (nSPS) is 10.5. The number of rotatable bonds is 3. The van der Waals surface area contributed by atoms with Crippen molar-refractivity contribution in [3.05, 3.63) is 71.4 Å². The van der Waals surface area contributed by atoms with Crippen molar-refractivity contribution in [3.63, 3.8) is 0 Å². The molecule has 3 rings (SSSR count). The van der Waals surface area contributed by atoms with Crippen molar-refractivity contribution in [1.82, 2.24) is 15.4 Å². The predicted octanol–water partition coefficient (Wildman–Crippen LogP) is 2.76. The molecule has 0 atom stereocenters. The van der Waals surface area contributed by atoms with Crippen LogP contribution in [0.15, 0.2) is 60.8 Å². The van der Waals surface area contributed by atoms with E-state index in [1.807, 2.05) is 41.1 Å². The molecule has 1 aromatic heterocycles. The summed E-state index contributed by atoms with van der Waals surface area (Å²) in [5.74, 6) is -0.707. The van der Waals surface area contributed by atoms with Crippen LogP contribution in [0.3, 0.4) is 0 Å². The number of carbonyl (C=O) groups is 2. The summed E-state index contributed by atoms with van der Waals surface area (Å²) in [6.07, 6.45) is 1.84. The molecule has 3 aromatic rings. The van der Waals surface area contributed by atoms with E-state index in [1.54, 1.807) is 24.3 Å². The van der Waals surface area contributed by atoms with Gasteiger partial charge in [0.15, 0.2) is 0 Å². The quantitative estimate of drug-likeness (QED) is 0.727. The molecule has 0 unspecified atom stereocenters. The zero-order valence-electron chi connectivity index (χ0n) is 12.1. The largest absolute Gasteiger partial charge is 0.338 e. The van der Waals surface area contributed by atoms with E-state index in [-0.39, 0.29) is 12.5 Å². The summed E-state index contributed by atoms with van der Waals surface area (Å²) in [5, 5.41) is 1.61. The first kappa shape index (κ1) is 15.1. The Bertz CT molecular complexity index is 856. The summed E-state index contributed by atoms with van der Waals surface area (Å²) < 4.78 is 1.82. The Morgan fingerprint density at radius 3 is 2.48 bits per heavy atom. The van der Waals surface area contributed by atoms with Crippen LogP contribution < -0.4 is 10.9 Å². The van der Waals surface area contributed by atoms with Gasteiger partial charge in [0.25, 0.3) is 11.8 Å². The monoisotopic (exact) mass is 327 g/mol. The van der Waals surface area contributed by atoms with Crippen LogP contribution in [0.4, 0.5) is 0 Å². The molecule has 116 valence electrons. The Labute approximate surface area is 137 Å². The van der Waals surface area contributed by atoms with Crippen molar-refractivity contribution in [1.29, 1.82) is 0 Å². The third kappa shape index (κ3) is 3.52. The van der Waals surface area contributed by atoms with Gasteiger partial charge in [-0.15, -0.1) is 0 Å². The van der Waals surface area contributed by atoms with Crippen molar-refractivity contribution in [2.24, 2.45) is 0 Å². The highest BCUT2D eigenvalue weighted by atomic mass is 35.5. The summed E-state index contributed by atoms with van der Waals surface area (Å²) in [5.41, 5.74) is 6.17. The lowest BCUT2D eigenvalue weighted by Crippen LogP contribution is -2.43. The number of hydrazine groups is 1. The number of halogens is 1. The molecule has 0 spiro atoms. The van der Waals surface area contributed by atoms with Crippen LogP contribution in [0.1, 0.15) is 10.4 Å². The van der Waals surface area contributed by atoms with Gasteiger partial charge in [-0.1, -0.05) is 29.8 Å². The smallest absolute Gasteiger partial charge is 0.269 e. The lowest BCUT2D eigenvalue weighted by Gasteiger charge is -2.09. The highest BCUT2D eigenvalue weighted by molar-refractivity contribution is 6.30. The summed E-state index contributed by atoms with van der Waals surface area (Å²) in [4.78, 5) is 23.9. The van der Waals surface area contributed by atoms with Crippen LogP contribution in [0.25, 0.3) is 10.9 Å². The van der Waals surface area contributed by atoms with Crippen LogP contribution in [0.2, 0.25) is 5.02 Å². The topological polar surface area (TPSA) is 63.1 Å². The first-order chi connectivity index (χ1) is 11.1. The molecular formula is C17H14ClN3O2. The second-order valence-electron chi connectivity index (χ2n) is 5.01. The second kappa shape index (κ2) is 6.54. The third-order valence-electron chi connectivity index (χ3n) is 3.42. The van der Waals surface area contributed by atoms with Gasteiger partial charge in [-0.05, 0) is 41.8 Å². The van der Waals surface area contributed by atoms with Crippen LogP contribution in [-0.2, 0) is 11.3 Å². The lowest BCUT2D eigenvalue weighted by atomic mass is 10.2. The van der Waals surface area contributed by atoms with Gasteiger partial charge in [-0.25, -0.2) is 0 Å². The number of fused-ring (bicyclic) bond motifs is 1. The number of amides is 2. The molecule has 2 amide bonds. The SMILES string of the molecule is O=C(Cn1ccc2ccccc21)NNC(=O)c1ccc(Cl)cc1. The minimum atomic E-state index is -0.396. The number of aromatic nitrogens is 1. The summed E-state index contributed by atoms with van der Waals surface area (Å²) in [6, 6.07) is 16.1. The summed E-state index contributed by atoms with van der Waals surface area (Å²) in [6.45, 7) is 0.119. The molecule has 0 aliphatic rings. The summed E-state index contributed by atoms with van der Waals surface area (Å²) in [7, 11) is 0. The van der Waals surface area contributed by atoms with Crippen LogP contribution in [0.5, 0.6) is 0 Å². The highest BCUT2D eigenvalue weighted by Gasteiger charge is 2.09. The first-order valence-corrected chi connectivity index (χ1v) is 7.40. The van der Waals surface area contributed by atoms with Crippen molar-refractivity contribution >= 4 is 34.3 Å². The van der Waals surface area contributed by atoms with Crippen molar-refractivity contribution in [2.45, 2.75) is 6.54 Å². The second-order valence-corrected chi connectivity index (χ2v) is 5.45. The van der Waals surface area contributed by atoms with Crippen LogP contribution >= 0.6 is 11.6 Å². The van der Waals surface area contributed by atoms with Gasteiger partial charge >= 0.3 is 0 Å². The maximum atomic E-state index is 12.0. The van der Waals surface area contributed by atoms with Gasteiger partial charge in [0.2, 0.25) is 0 Å². The lowest BCUT2D eigenvalue weighted by molar-refractivity contribution is -0.122. The van der Waals surface area contributed by atoms with Crippen molar-refractivity contribution < 1.29 is 9.59 Å². The van der Waals surface area contributed by atoms with E-state index >= 15 is 0 Å². The molecule has 2 N–H and O–H groups in total. The highest BCUT2D eigenvalue weighted by Crippen LogP contribution is 2.14. The van der Waals surface area contributed by atoms with Crippen molar-refractivity contribution in [3.8, 4) is 0 Å². The minimum Gasteiger partial charge on any atom is -0.338 e. The molecule has 0 aliphatic carbocycles. The third-order valence-corrected chi connectivity index (χ3v) is 3.67. The van der Waals surface area contributed by atoms with E-state index in [0.717, 1.165) is 10.9 Å². The fourth-order valence-corrected chi connectivity index (χ4v) is 2.40. The average molecular weight is 328 g/mol. The standard InChI is InChI=1S/C17H14ClN3O2/c18-14-7-5-13(6-8-14)17(23)20-19-16(22)11-21-10-9-12-3-1-2-4-15(12)21/h1-10H,11H2,(H,19,22)(H,20,23). The fraction of sp³-hybridized carbons (Fsp3) is 0.0588. The van der Waals surface area contributed by atoms with Gasteiger partial charge in [0.05, 0.1) is 0 Å². The predicted molar refractivity (Wildman–Crippen MR) is 89.0 cm³/mol. The van der Waals surface area contributed by atoms with Gasteiger partial charge in [-0.2, -0.15) is 0 Å². The number of hydrogen-bond acceptors (Lipinski definition) is 2. The maximum Gasteiger partial charge on any atom is 0.269 e. The molecule has 1 heterocycles. The van der Waals surface area contributed by atoms with E-state index in [4.69, 9.17) is 11.6 Å². The maximum absolute atomic E-state index is 12.0. The number of hydrogen-bond donors (Lipinski definition) is 2. The molecule has 0 radical (unpaired) electrons. The molecule has 0 aliphatic heterocycles. The Balaban J connectivity index is 1.59. The Kier molecular flexibility index (Phi) is 4.30. The molecule has 5 nitrogen and oxygen atoms in total. The molecule has 2 aromatic carbocycles. The van der Waals surface area contributed by atoms with E-state index in [2.05, 4.69) is 10.9 Å². The van der Waals surface area contributed by atoms with Crippen LogP contribution in [-0.4, -0.2) is 16.4 Å². The van der Waals surface area contributed by atoms with Crippen LogP contribution in [0, 0.1) is 0 Å². The average Bonchev–Trinajstić information content (AvgIpc) is 2.96. The molecule has 23 heavy (non-hydrogen) atoms. The number of nitrogens with zero attached hydrogens (tertiary/aromatic N) is 1. The number of para-hydroxylation sites is 1. The van der Waals surface area contributed by atoms with E-state index in [1.165, 1.54) is 0 Å². The van der Waals surface area contributed by atoms with Gasteiger partial charge in [0.1, 0.15) is 6.54 Å². The molecular weight excluding hydrogens is 314 g/mol. The fourth-order valence-electron chi connectivity index (χ4n) is 2.27. The molecule has 0 bridgehead atoms. The Hall–Kier alpha value is -2.79. The Morgan fingerprint density at radius 2 is 1.70 bits per heavy atom. The van der Waals surface area contributed by atoms with E-state index in [0.29, 0.717) is 10.6 Å². The number of nitrogens with one attached hydrogen (secondary N) is 2. The van der Waals surface area contributed by atoms with Crippen molar-refractivity contribution in [2.75, 3.05) is 0 Å². The Morgan fingerprint density at radius 1 is 0.957 bits per heavy atom.